The van der Waals surface area contributed by atoms with Gasteiger partial charge in [-0.3, -0.25) is 9.59 Å². The van der Waals surface area contributed by atoms with Gasteiger partial charge in [0.15, 0.2) is 11.6 Å². The third-order valence-electron chi connectivity index (χ3n) is 3.48. The van der Waals surface area contributed by atoms with Gasteiger partial charge in [-0.25, -0.2) is 0 Å². The lowest BCUT2D eigenvalue weighted by Crippen LogP contribution is -2.01. The van der Waals surface area contributed by atoms with E-state index in [1.165, 1.54) is 0 Å². The number of carbonyl (C=O) groups is 2. The van der Waals surface area contributed by atoms with Crippen molar-refractivity contribution >= 4 is 66.2 Å². The molecule has 0 aliphatic carbocycles. The number of ketones is 2. The van der Waals surface area contributed by atoms with E-state index in [1.807, 2.05) is 18.2 Å². The summed E-state index contributed by atoms with van der Waals surface area (Å²) in [6.45, 7) is 0. The summed E-state index contributed by atoms with van der Waals surface area (Å²) in [6, 6.07) is 11.0. The zero-order chi connectivity index (χ0) is 16.4. The van der Waals surface area contributed by atoms with Crippen LogP contribution >= 0.6 is 43.6 Å². The highest BCUT2D eigenvalue weighted by atomic mass is 79.9. The van der Waals surface area contributed by atoms with Crippen molar-refractivity contribution in [3.05, 3.63) is 47.5 Å². The van der Waals surface area contributed by atoms with Crippen LogP contribution in [0.2, 0.25) is 0 Å². The Morgan fingerprint density at radius 3 is 2.17 bits per heavy atom. The van der Waals surface area contributed by atoms with Gasteiger partial charge in [-0.1, -0.05) is 62.2 Å². The molecule has 0 N–H and O–H groups in total. The van der Waals surface area contributed by atoms with Crippen LogP contribution in [0.4, 0.5) is 0 Å². The highest BCUT2D eigenvalue weighted by molar-refractivity contribution is 9.09. The number of halogens is 2. The molecular formula is C16H10Br2N2O2S. The molecule has 0 saturated carbocycles. The monoisotopic (exact) mass is 452 g/mol. The van der Waals surface area contributed by atoms with E-state index in [2.05, 4.69) is 40.6 Å². The Morgan fingerprint density at radius 2 is 1.52 bits per heavy atom. The lowest BCUT2D eigenvalue weighted by atomic mass is 9.99. The largest absolute Gasteiger partial charge is 0.293 e. The number of Topliss-reactive ketones (excluding diaryl/α,β-unsaturated/α-hetero) is 2. The molecule has 0 aliphatic rings. The third-order valence-corrected chi connectivity index (χ3v) is 5.02. The van der Waals surface area contributed by atoms with E-state index in [0.29, 0.717) is 27.5 Å². The minimum absolute atomic E-state index is 0.0208. The average Bonchev–Trinajstić information content (AvgIpc) is 3.09. The fourth-order valence-corrected chi connectivity index (χ4v) is 3.51. The molecule has 0 fully saturated rings. The molecule has 23 heavy (non-hydrogen) atoms. The normalized spacial score (nSPS) is 10.9. The van der Waals surface area contributed by atoms with Crippen LogP contribution in [0.1, 0.15) is 20.7 Å². The van der Waals surface area contributed by atoms with Gasteiger partial charge in [0, 0.05) is 16.7 Å². The number of fused-ring (bicyclic) bond motifs is 1. The van der Waals surface area contributed by atoms with Crippen molar-refractivity contribution in [1.29, 1.82) is 0 Å². The molecule has 4 nitrogen and oxygen atoms in total. The molecule has 1 heterocycles. The number of benzene rings is 2. The standard InChI is InChI=1S/C16H10Br2N2O2S/c17-7-13(21)10-3-1-9(2-4-10)11-5-6-12(14(22)8-18)16-15(11)19-23-20-16/h1-6H,7-8H2. The van der Waals surface area contributed by atoms with Gasteiger partial charge in [0.2, 0.25) is 0 Å². The van der Waals surface area contributed by atoms with Gasteiger partial charge < -0.3 is 0 Å². The predicted octanol–water partition coefficient (Wildman–Crippen LogP) is 4.51. The van der Waals surface area contributed by atoms with Gasteiger partial charge in [-0.2, -0.15) is 8.75 Å². The molecule has 3 rings (SSSR count). The van der Waals surface area contributed by atoms with Crippen LogP contribution < -0.4 is 0 Å². The van der Waals surface area contributed by atoms with Gasteiger partial charge in [-0.15, -0.1) is 0 Å². The summed E-state index contributed by atoms with van der Waals surface area (Å²) in [5.74, 6) is 0.0165. The lowest BCUT2D eigenvalue weighted by Gasteiger charge is -2.06. The second-order valence-corrected chi connectivity index (χ2v) is 6.46. The summed E-state index contributed by atoms with van der Waals surface area (Å²) in [5.41, 5.74) is 4.40. The Labute approximate surface area is 153 Å². The molecule has 0 amide bonds. The van der Waals surface area contributed by atoms with Crippen LogP contribution in [0.25, 0.3) is 22.2 Å². The summed E-state index contributed by atoms with van der Waals surface area (Å²) in [6.07, 6.45) is 0. The molecule has 0 bridgehead atoms. The molecule has 7 heteroatoms. The molecular weight excluding hydrogens is 444 g/mol. The van der Waals surface area contributed by atoms with Gasteiger partial charge in [0.05, 0.1) is 22.4 Å². The van der Waals surface area contributed by atoms with E-state index in [9.17, 15) is 9.59 Å². The summed E-state index contributed by atoms with van der Waals surface area (Å²) in [5, 5.41) is 0.554. The highest BCUT2D eigenvalue weighted by Crippen LogP contribution is 2.30. The maximum Gasteiger partial charge on any atom is 0.175 e. The molecule has 2 aromatic carbocycles. The maximum absolute atomic E-state index is 12.0. The first-order chi connectivity index (χ1) is 11.2. The Morgan fingerprint density at radius 1 is 0.870 bits per heavy atom. The van der Waals surface area contributed by atoms with Crippen LogP contribution in [0.15, 0.2) is 36.4 Å². The predicted molar refractivity (Wildman–Crippen MR) is 99.1 cm³/mol. The zero-order valence-corrected chi connectivity index (χ0v) is 15.7. The number of aromatic nitrogens is 2. The van der Waals surface area contributed by atoms with E-state index in [4.69, 9.17) is 0 Å². The van der Waals surface area contributed by atoms with Crippen molar-refractivity contribution in [2.75, 3.05) is 10.7 Å². The number of rotatable bonds is 5. The quantitative estimate of drug-likeness (QED) is 0.421. The van der Waals surface area contributed by atoms with E-state index in [0.717, 1.165) is 22.9 Å². The van der Waals surface area contributed by atoms with Crippen molar-refractivity contribution in [3.63, 3.8) is 0 Å². The van der Waals surface area contributed by atoms with Gasteiger partial charge in [0.1, 0.15) is 11.0 Å². The minimum atomic E-state index is -0.0208. The molecule has 0 saturated heterocycles. The molecule has 0 unspecified atom stereocenters. The smallest absolute Gasteiger partial charge is 0.175 e. The first kappa shape index (κ1) is 16.4. The highest BCUT2D eigenvalue weighted by Gasteiger charge is 2.16. The Kier molecular flexibility index (Phi) is 4.99. The Balaban J connectivity index is 2.09. The molecule has 116 valence electrons. The van der Waals surface area contributed by atoms with E-state index in [-0.39, 0.29) is 16.9 Å². The third kappa shape index (κ3) is 3.13. The number of nitrogens with zero attached hydrogens (tertiary/aromatic N) is 2. The Hall–Kier alpha value is -1.44. The topological polar surface area (TPSA) is 59.9 Å². The number of carbonyl (C=O) groups excluding carboxylic acids is 2. The van der Waals surface area contributed by atoms with Gasteiger partial charge in [0.25, 0.3) is 0 Å². The molecule has 0 aliphatic heterocycles. The van der Waals surface area contributed by atoms with Gasteiger partial charge >= 0.3 is 0 Å². The average molecular weight is 454 g/mol. The lowest BCUT2D eigenvalue weighted by molar-refractivity contribution is 0.101. The van der Waals surface area contributed by atoms with E-state index in [1.54, 1.807) is 18.2 Å². The summed E-state index contributed by atoms with van der Waals surface area (Å²) in [7, 11) is 0. The van der Waals surface area contributed by atoms with Crippen molar-refractivity contribution < 1.29 is 9.59 Å². The van der Waals surface area contributed by atoms with Crippen LogP contribution in [-0.2, 0) is 0 Å². The van der Waals surface area contributed by atoms with Crippen molar-refractivity contribution in [2.45, 2.75) is 0 Å². The first-order valence-electron chi connectivity index (χ1n) is 6.69. The maximum atomic E-state index is 12.0. The summed E-state index contributed by atoms with van der Waals surface area (Å²) < 4.78 is 8.60. The first-order valence-corrected chi connectivity index (χ1v) is 9.67. The van der Waals surface area contributed by atoms with E-state index >= 15 is 0 Å². The van der Waals surface area contributed by atoms with Crippen LogP contribution in [0, 0.1) is 0 Å². The summed E-state index contributed by atoms with van der Waals surface area (Å²) in [4.78, 5) is 23.6. The van der Waals surface area contributed by atoms with Crippen molar-refractivity contribution in [3.8, 4) is 11.1 Å². The second kappa shape index (κ2) is 6.98. The number of hydrogen-bond acceptors (Lipinski definition) is 5. The van der Waals surface area contributed by atoms with Crippen LogP contribution in [-0.4, -0.2) is 31.0 Å². The Bertz CT molecular complexity index is 891. The zero-order valence-electron chi connectivity index (χ0n) is 11.8. The van der Waals surface area contributed by atoms with Crippen molar-refractivity contribution in [2.24, 2.45) is 0 Å². The van der Waals surface area contributed by atoms with Crippen molar-refractivity contribution in [1.82, 2.24) is 8.75 Å². The van der Waals surface area contributed by atoms with E-state index < -0.39 is 0 Å². The summed E-state index contributed by atoms with van der Waals surface area (Å²) >= 11 is 7.44. The van der Waals surface area contributed by atoms with Crippen LogP contribution in [0.3, 0.4) is 0 Å². The number of hydrogen-bond donors (Lipinski definition) is 0. The fourth-order valence-electron chi connectivity index (χ4n) is 2.31. The SMILES string of the molecule is O=C(CBr)c1ccc(-c2ccc(C(=O)CBr)c3nsnc23)cc1. The molecule has 0 atom stereocenters. The second-order valence-electron chi connectivity index (χ2n) is 4.81. The molecule has 1 aromatic heterocycles. The minimum Gasteiger partial charge on any atom is -0.293 e. The molecule has 3 aromatic rings. The molecule has 0 radical (unpaired) electrons. The fraction of sp³-hybridized carbons (Fsp3) is 0.125. The van der Waals surface area contributed by atoms with Gasteiger partial charge in [-0.05, 0) is 11.6 Å². The van der Waals surface area contributed by atoms with Crippen LogP contribution in [0.5, 0.6) is 0 Å². The molecule has 0 spiro atoms. The number of alkyl halides is 2.